The van der Waals surface area contributed by atoms with Gasteiger partial charge in [-0.3, -0.25) is 48.1 Å². The summed E-state index contributed by atoms with van der Waals surface area (Å²) in [6.45, 7) is -2.46. The number of nitrogen functional groups attached to an aromatic ring is 1. The van der Waals surface area contributed by atoms with E-state index < -0.39 is 95.6 Å². The normalized spacial score (nSPS) is 43.0. The first kappa shape index (κ1) is 31.2. The number of aliphatic hydroxyl groups excluding tert-OH is 2. The number of nitrogens with two attached hydrogens (primary N) is 1. The molecule has 3 unspecified atom stereocenters. The van der Waals surface area contributed by atoms with Crippen LogP contribution in [0.4, 0.5) is 10.2 Å². The largest absolute Gasteiger partial charge is 0.472 e. The van der Waals surface area contributed by atoms with Gasteiger partial charge >= 0.3 is 15.6 Å². The van der Waals surface area contributed by atoms with E-state index in [0.717, 1.165) is 17.6 Å². The van der Waals surface area contributed by atoms with Gasteiger partial charge in [0.05, 0.1) is 19.3 Å². The van der Waals surface area contributed by atoms with Crippen LogP contribution in [0.15, 0.2) is 22.6 Å². The summed E-state index contributed by atoms with van der Waals surface area (Å²) in [5.41, 5.74) is 6.02. The number of nitrogens with one attached hydrogen (secondary N) is 2. The molecular formula is C20H23FN10O13P2. The van der Waals surface area contributed by atoms with Gasteiger partial charge in [0.2, 0.25) is 5.96 Å². The molecule has 11 atom stereocenters. The quantitative estimate of drug-likeness (QED) is 0.157. The number of carbonyl (C=O) groups is 1. The van der Waals surface area contributed by atoms with Gasteiger partial charge in [-0.15, -0.1) is 0 Å². The van der Waals surface area contributed by atoms with Crippen molar-refractivity contribution in [2.45, 2.75) is 54.9 Å². The van der Waals surface area contributed by atoms with Crippen molar-refractivity contribution < 1.29 is 65.9 Å². The Morgan fingerprint density at radius 3 is 2.63 bits per heavy atom. The van der Waals surface area contributed by atoms with Crippen molar-refractivity contribution >= 4 is 56.7 Å². The maximum absolute atomic E-state index is 16.2. The molecule has 248 valence electrons. The molecule has 5 aliphatic heterocycles. The van der Waals surface area contributed by atoms with Gasteiger partial charge < -0.3 is 35.2 Å². The summed E-state index contributed by atoms with van der Waals surface area (Å²) in [4.78, 5) is 54.0. The maximum Gasteiger partial charge on any atom is 0.472 e. The Morgan fingerprint density at radius 2 is 1.85 bits per heavy atom. The third-order valence-corrected chi connectivity index (χ3v) is 9.45. The van der Waals surface area contributed by atoms with Crippen molar-refractivity contribution in [1.29, 1.82) is 5.41 Å². The smallest absolute Gasteiger partial charge is 0.386 e. The first-order valence-electron chi connectivity index (χ1n) is 13.1. The Hall–Kier alpha value is -3.38. The number of amidine groups is 1. The van der Waals surface area contributed by atoms with Crippen molar-refractivity contribution in [2.24, 2.45) is 9.98 Å². The number of nitrogens with zero attached hydrogens (tertiary/aromatic N) is 7. The molecule has 0 saturated carbocycles. The Bertz CT molecular complexity index is 1780. The number of ether oxygens (including phenoxy) is 2. The SMILES string of the molecule is N=C1N=C2C(N=CN2[C@@H]2O[C@]3(F)COP(=O)(O)O[C@H]4[C@@H](O)[C@H](n5cnc6c(N)ncnc65)O[C@@H]4COP(=O)(O)O[C@@H]2[C@@H]3O)C(=O)N1. The highest BCUT2D eigenvalue weighted by atomic mass is 31.2. The van der Waals surface area contributed by atoms with Crippen molar-refractivity contribution in [2.75, 3.05) is 18.9 Å². The number of hydrogen-bond donors (Lipinski definition) is 7. The third kappa shape index (κ3) is 5.21. The van der Waals surface area contributed by atoms with Gasteiger partial charge in [-0.05, 0) is 0 Å². The number of imidazole rings is 1. The number of alkyl halides is 1. The minimum Gasteiger partial charge on any atom is -0.386 e. The number of aromatic nitrogens is 4. The molecule has 7 heterocycles. The fraction of sp³-hybridized carbons (Fsp3) is 0.550. The highest BCUT2D eigenvalue weighted by Crippen LogP contribution is 2.54. The van der Waals surface area contributed by atoms with Gasteiger partial charge in [-0.2, -0.15) is 4.99 Å². The van der Waals surface area contributed by atoms with Crippen LogP contribution in [-0.4, -0.2) is 130 Å². The van der Waals surface area contributed by atoms with Gasteiger partial charge in [0.15, 0.2) is 35.8 Å². The fourth-order valence-electron chi connectivity index (χ4n) is 5.39. The number of hydrogen-bond acceptors (Lipinski definition) is 18. The molecule has 2 bridgehead atoms. The standard InChI is InChI=1S/C20H23FN10O13P2/c21-20-2-40-46(37,38)43-10-6(41-17(9(10)32)30-4-26-7-13(22)24-3-25-14(7)30)1-39-45(35,36)44-11(12(20)33)18(42-20)31-5-27-8-15(31)28-19(23)29-16(8)34/h3-6,8-12,17-18,32-33H,1-2H2,(H,35,36)(H,37,38)(H2,22,24,25)(H2,23,29,34)/t6-,8?,9-,10-,11-,12+,17-,18-,20-/m1/s1. The van der Waals surface area contributed by atoms with Crippen LogP contribution in [0.2, 0.25) is 0 Å². The predicted molar refractivity (Wildman–Crippen MR) is 143 cm³/mol. The van der Waals surface area contributed by atoms with E-state index in [1.54, 1.807) is 0 Å². The van der Waals surface area contributed by atoms with E-state index in [2.05, 4.69) is 30.3 Å². The molecule has 2 aromatic rings. The second kappa shape index (κ2) is 10.8. The first-order valence-corrected chi connectivity index (χ1v) is 16.1. The third-order valence-electron chi connectivity index (χ3n) is 7.50. The Labute approximate surface area is 254 Å². The molecular weight excluding hydrogens is 669 g/mol. The molecule has 2 aromatic heterocycles. The summed E-state index contributed by atoms with van der Waals surface area (Å²) in [7, 11) is -10.7. The van der Waals surface area contributed by atoms with Crippen LogP contribution < -0.4 is 11.1 Å². The lowest BCUT2D eigenvalue weighted by atomic mass is 10.1. The number of phosphoric acid groups is 2. The first-order chi connectivity index (χ1) is 21.7. The number of fused-ring (bicyclic) bond motifs is 5. The van der Waals surface area contributed by atoms with Crippen LogP contribution >= 0.6 is 15.6 Å². The maximum atomic E-state index is 16.2. The van der Waals surface area contributed by atoms with Crippen LogP contribution in [0.5, 0.6) is 0 Å². The van der Waals surface area contributed by atoms with Crippen LogP contribution in [0.25, 0.3) is 11.2 Å². The average molecular weight is 692 g/mol. The highest BCUT2D eigenvalue weighted by molar-refractivity contribution is 7.47. The number of phosphoric ester groups is 2. The monoisotopic (exact) mass is 692 g/mol. The summed E-state index contributed by atoms with van der Waals surface area (Å²) in [6.07, 6.45) is -9.97. The van der Waals surface area contributed by atoms with Crippen LogP contribution in [0, 0.1) is 5.41 Å². The topological polar surface area (TPSA) is 321 Å². The number of anilines is 1. The summed E-state index contributed by atoms with van der Waals surface area (Å²) in [6, 6.07) is -1.32. The molecule has 46 heavy (non-hydrogen) atoms. The molecule has 0 aliphatic carbocycles. The lowest BCUT2D eigenvalue weighted by Gasteiger charge is -2.31. The molecule has 5 aliphatic rings. The second-order valence-corrected chi connectivity index (χ2v) is 13.2. The number of rotatable bonds is 2. The Morgan fingerprint density at radius 1 is 1.11 bits per heavy atom. The van der Waals surface area contributed by atoms with E-state index in [1.807, 2.05) is 0 Å². The van der Waals surface area contributed by atoms with Crippen molar-refractivity contribution in [3.8, 4) is 0 Å². The molecule has 3 fully saturated rings. The Kier molecular flexibility index (Phi) is 7.35. The Balaban J connectivity index is 1.20. The van der Waals surface area contributed by atoms with Crippen molar-refractivity contribution in [1.82, 2.24) is 29.7 Å². The molecule has 0 radical (unpaired) electrons. The molecule has 23 nitrogen and oxygen atoms in total. The van der Waals surface area contributed by atoms with Gasteiger partial charge in [0.1, 0.15) is 49.0 Å². The predicted octanol–water partition coefficient (Wildman–Crippen LogP) is -2.76. The molecule has 0 aromatic carbocycles. The van der Waals surface area contributed by atoms with E-state index in [1.165, 1.54) is 10.9 Å². The summed E-state index contributed by atoms with van der Waals surface area (Å²) in [5.74, 6) is -5.10. The summed E-state index contributed by atoms with van der Waals surface area (Å²) >= 11 is 0. The number of aliphatic hydroxyl groups is 2. The number of halogens is 1. The number of amides is 1. The summed E-state index contributed by atoms with van der Waals surface area (Å²) in [5, 5.41) is 31.8. The van der Waals surface area contributed by atoms with E-state index in [0.29, 0.717) is 0 Å². The number of guanidine groups is 1. The zero-order valence-electron chi connectivity index (χ0n) is 22.7. The van der Waals surface area contributed by atoms with E-state index >= 15 is 4.39 Å². The highest BCUT2D eigenvalue weighted by Gasteiger charge is 2.63. The number of aliphatic imine (C=N–C) groups is 2. The minimum absolute atomic E-state index is 0.00434. The van der Waals surface area contributed by atoms with Crippen LogP contribution in [0.3, 0.4) is 0 Å². The lowest BCUT2D eigenvalue weighted by molar-refractivity contribution is -0.203. The molecule has 8 N–H and O–H groups in total. The van der Waals surface area contributed by atoms with Gasteiger partial charge in [0, 0.05) is 0 Å². The zero-order valence-corrected chi connectivity index (χ0v) is 24.5. The summed E-state index contributed by atoms with van der Waals surface area (Å²) < 4.78 is 74.8. The second-order valence-electron chi connectivity index (χ2n) is 10.4. The molecule has 26 heteroatoms. The molecule has 1 amide bonds. The van der Waals surface area contributed by atoms with Gasteiger partial charge in [0.25, 0.3) is 11.8 Å². The number of carbonyl (C=O) groups excluding carboxylic acids is 1. The lowest BCUT2D eigenvalue weighted by Crippen LogP contribution is -2.53. The van der Waals surface area contributed by atoms with E-state index in [-0.39, 0.29) is 22.8 Å². The van der Waals surface area contributed by atoms with Gasteiger partial charge in [-0.1, -0.05) is 0 Å². The van der Waals surface area contributed by atoms with Crippen LogP contribution in [-0.2, 0) is 41.5 Å². The van der Waals surface area contributed by atoms with E-state index in [4.69, 9.17) is 38.7 Å². The minimum atomic E-state index is -5.35. The van der Waals surface area contributed by atoms with Crippen molar-refractivity contribution in [3.05, 3.63) is 12.7 Å². The average Bonchev–Trinajstić information content (AvgIpc) is 3.73. The molecule has 7 rings (SSSR count). The van der Waals surface area contributed by atoms with Crippen LogP contribution in [0.1, 0.15) is 6.23 Å². The molecule has 3 saturated heterocycles. The van der Waals surface area contributed by atoms with E-state index in [9.17, 15) is 33.9 Å². The fourth-order valence-corrected chi connectivity index (χ4v) is 7.28. The zero-order chi connectivity index (χ0) is 32.8. The van der Waals surface area contributed by atoms with Gasteiger partial charge in [-0.25, -0.2) is 28.5 Å². The van der Waals surface area contributed by atoms with Crippen molar-refractivity contribution in [3.63, 3.8) is 0 Å². The molecule has 0 spiro atoms.